The fraction of sp³-hybridized carbons (Fsp3) is 0.440. The highest BCUT2D eigenvalue weighted by molar-refractivity contribution is 7.92. The van der Waals surface area contributed by atoms with E-state index in [1.54, 1.807) is 31.2 Å². The van der Waals surface area contributed by atoms with E-state index < -0.39 is 46.2 Å². The number of amides is 2. The lowest BCUT2D eigenvalue weighted by molar-refractivity contribution is -0.140. The topological polar surface area (TPSA) is 86.8 Å². The minimum atomic E-state index is -4.71. The minimum absolute atomic E-state index is 0.105. The van der Waals surface area contributed by atoms with E-state index in [4.69, 9.17) is 11.6 Å². The normalized spacial score (nSPS) is 12.8. The van der Waals surface area contributed by atoms with Gasteiger partial charge in [0.2, 0.25) is 21.8 Å². The number of carbonyl (C=O) groups excluding carboxylic acids is 2. The van der Waals surface area contributed by atoms with Crippen LogP contribution >= 0.6 is 11.6 Å². The third kappa shape index (κ3) is 8.63. The summed E-state index contributed by atoms with van der Waals surface area (Å²) in [5.41, 5.74) is -0.850. The second kappa shape index (κ2) is 12.6. The molecule has 1 N–H and O–H groups in total. The SMILES string of the molecule is CC[C@H](C(=O)NCC(C)C)N(Cc1ccccc1Cl)C(=O)CN(c1cccc(C(F)(F)F)c1)S(C)(=O)=O. The van der Waals surface area contributed by atoms with Crippen LogP contribution in [-0.4, -0.2) is 50.5 Å². The molecule has 0 radical (unpaired) electrons. The molecule has 7 nitrogen and oxygen atoms in total. The molecule has 1 atom stereocenters. The third-order valence-electron chi connectivity index (χ3n) is 5.51. The predicted octanol–water partition coefficient (Wildman–Crippen LogP) is 4.70. The first kappa shape index (κ1) is 30.4. The number of halogens is 4. The number of rotatable bonds is 11. The van der Waals surface area contributed by atoms with Gasteiger partial charge in [-0.2, -0.15) is 13.2 Å². The van der Waals surface area contributed by atoms with Gasteiger partial charge in [-0.1, -0.05) is 56.6 Å². The summed E-state index contributed by atoms with van der Waals surface area (Å²) < 4.78 is 65.6. The second-order valence-corrected chi connectivity index (χ2v) is 11.3. The van der Waals surface area contributed by atoms with Crippen molar-refractivity contribution in [2.24, 2.45) is 5.92 Å². The van der Waals surface area contributed by atoms with E-state index in [2.05, 4.69) is 5.32 Å². The molecular formula is C25H31ClF3N3O4S. The Balaban J connectivity index is 2.49. The van der Waals surface area contributed by atoms with Crippen molar-refractivity contribution < 1.29 is 31.2 Å². The Kier molecular flexibility index (Phi) is 10.4. The number of hydrogen-bond acceptors (Lipinski definition) is 4. The molecule has 0 saturated heterocycles. The van der Waals surface area contributed by atoms with E-state index in [0.29, 0.717) is 27.5 Å². The molecule has 0 saturated carbocycles. The Bertz CT molecular complexity index is 1210. The van der Waals surface area contributed by atoms with Gasteiger partial charge in [0.15, 0.2) is 0 Å². The molecule has 0 heterocycles. The summed E-state index contributed by atoms with van der Waals surface area (Å²) in [7, 11) is -4.17. The van der Waals surface area contributed by atoms with Crippen LogP contribution in [0.2, 0.25) is 5.02 Å². The fourth-order valence-electron chi connectivity index (χ4n) is 3.60. The molecule has 0 aromatic heterocycles. The highest BCUT2D eigenvalue weighted by Gasteiger charge is 2.34. The van der Waals surface area contributed by atoms with Crippen LogP contribution in [0.4, 0.5) is 18.9 Å². The number of benzene rings is 2. The van der Waals surface area contributed by atoms with Crippen LogP contribution in [-0.2, 0) is 32.3 Å². The van der Waals surface area contributed by atoms with Crippen molar-refractivity contribution >= 4 is 39.1 Å². The van der Waals surface area contributed by atoms with E-state index in [-0.39, 0.29) is 24.6 Å². The zero-order valence-corrected chi connectivity index (χ0v) is 22.6. The molecule has 37 heavy (non-hydrogen) atoms. The third-order valence-corrected chi connectivity index (χ3v) is 7.02. The van der Waals surface area contributed by atoms with Crippen molar-refractivity contribution in [2.75, 3.05) is 23.7 Å². The summed E-state index contributed by atoms with van der Waals surface area (Å²) in [6, 6.07) is 9.43. The van der Waals surface area contributed by atoms with E-state index in [0.717, 1.165) is 18.4 Å². The van der Waals surface area contributed by atoms with Crippen molar-refractivity contribution in [1.82, 2.24) is 10.2 Å². The number of alkyl halides is 3. The van der Waals surface area contributed by atoms with Gasteiger partial charge in [-0.05, 0) is 42.2 Å². The second-order valence-electron chi connectivity index (χ2n) is 8.99. The quantitative estimate of drug-likeness (QED) is 0.431. The highest BCUT2D eigenvalue weighted by Crippen LogP contribution is 2.32. The molecule has 0 aliphatic heterocycles. The van der Waals surface area contributed by atoms with Gasteiger partial charge in [0.1, 0.15) is 12.6 Å². The number of anilines is 1. The molecular weight excluding hydrogens is 531 g/mol. The van der Waals surface area contributed by atoms with Crippen molar-refractivity contribution in [2.45, 2.75) is 46.0 Å². The molecule has 12 heteroatoms. The van der Waals surface area contributed by atoms with E-state index in [1.165, 1.54) is 11.0 Å². The first-order valence-electron chi connectivity index (χ1n) is 11.6. The average molecular weight is 562 g/mol. The monoisotopic (exact) mass is 561 g/mol. The van der Waals surface area contributed by atoms with E-state index >= 15 is 0 Å². The van der Waals surface area contributed by atoms with Gasteiger partial charge >= 0.3 is 6.18 Å². The maximum absolute atomic E-state index is 13.6. The summed E-state index contributed by atoms with van der Waals surface area (Å²) in [4.78, 5) is 27.8. The fourth-order valence-corrected chi connectivity index (χ4v) is 4.64. The number of hydrogen-bond donors (Lipinski definition) is 1. The minimum Gasteiger partial charge on any atom is -0.354 e. The molecule has 0 bridgehead atoms. The Labute approximate surface area is 220 Å². The zero-order chi connectivity index (χ0) is 28.0. The maximum atomic E-state index is 13.6. The van der Waals surface area contributed by atoms with Crippen LogP contribution in [0, 0.1) is 5.92 Å². The van der Waals surface area contributed by atoms with Crippen molar-refractivity contribution in [3.05, 3.63) is 64.7 Å². The van der Waals surface area contributed by atoms with E-state index in [9.17, 15) is 31.2 Å². The molecule has 0 aliphatic rings. The molecule has 0 unspecified atom stereocenters. The largest absolute Gasteiger partial charge is 0.416 e. The Morgan fingerprint density at radius 1 is 1.08 bits per heavy atom. The highest BCUT2D eigenvalue weighted by atomic mass is 35.5. The summed E-state index contributed by atoms with van der Waals surface area (Å²) in [6.07, 6.45) is -3.70. The Morgan fingerprint density at radius 3 is 2.27 bits per heavy atom. The van der Waals surface area contributed by atoms with Gasteiger partial charge in [0, 0.05) is 18.1 Å². The maximum Gasteiger partial charge on any atom is 0.416 e. The molecule has 204 valence electrons. The lowest BCUT2D eigenvalue weighted by Gasteiger charge is -2.33. The standard InChI is InChI=1S/C25H31ClF3N3O4S/c1-5-22(24(34)30-14-17(2)3)31(15-18-9-6-7-12-21(18)26)23(33)16-32(37(4,35)36)20-11-8-10-19(13-20)25(27,28)29/h6-13,17,22H,5,14-16H2,1-4H3,(H,30,34)/t22-/m1/s1. The van der Waals surface area contributed by atoms with Crippen LogP contribution in [0.5, 0.6) is 0 Å². The summed E-state index contributed by atoms with van der Waals surface area (Å²) in [5, 5.41) is 3.13. The lowest BCUT2D eigenvalue weighted by atomic mass is 10.1. The molecule has 0 fully saturated rings. The van der Waals surface area contributed by atoms with Crippen molar-refractivity contribution in [3.63, 3.8) is 0 Å². The van der Waals surface area contributed by atoms with Crippen LogP contribution in [0.1, 0.15) is 38.3 Å². The van der Waals surface area contributed by atoms with Gasteiger partial charge < -0.3 is 10.2 Å². The van der Waals surface area contributed by atoms with Gasteiger partial charge in [0.25, 0.3) is 0 Å². The number of nitrogens with one attached hydrogen (secondary N) is 1. The molecule has 2 rings (SSSR count). The molecule has 0 spiro atoms. The molecule has 2 aromatic carbocycles. The molecule has 0 aliphatic carbocycles. The number of carbonyl (C=O) groups is 2. The first-order valence-corrected chi connectivity index (χ1v) is 13.8. The predicted molar refractivity (Wildman–Crippen MR) is 138 cm³/mol. The number of sulfonamides is 1. The zero-order valence-electron chi connectivity index (χ0n) is 21.0. The van der Waals surface area contributed by atoms with Crippen LogP contribution in [0.15, 0.2) is 48.5 Å². The van der Waals surface area contributed by atoms with Crippen molar-refractivity contribution in [1.29, 1.82) is 0 Å². The Morgan fingerprint density at radius 2 is 1.73 bits per heavy atom. The van der Waals surface area contributed by atoms with Crippen molar-refractivity contribution in [3.8, 4) is 0 Å². The first-order chi connectivity index (χ1) is 17.1. The smallest absolute Gasteiger partial charge is 0.354 e. The molecule has 2 amide bonds. The molecule has 2 aromatic rings. The number of nitrogens with zero attached hydrogens (tertiary/aromatic N) is 2. The van der Waals surface area contributed by atoms with Gasteiger partial charge in [-0.25, -0.2) is 8.42 Å². The lowest BCUT2D eigenvalue weighted by Crippen LogP contribution is -2.52. The van der Waals surface area contributed by atoms with Gasteiger partial charge in [0.05, 0.1) is 17.5 Å². The average Bonchev–Trinajstić information content (AvgIpc) is 2.80. The van der Waals surface area contributed by atoms with Gasteiger partial charge in [-0.15, -0.1) is 0 Å². The van der Waals surface area contributed by atoms with Gasteiger partial charge in [-0.3, -0.25) is 13.9 Å². The summed E-state index contributed by atoms with van der Waals surface area (Å²) in [6.45, 7) is 4.97. The van der Waals surface area contributed by atoms with E-state index in [1.807, 2.05) is 13.8 Å². The summed E-state index contributed by atoms with van der Waals surface area (Å²) >= 11 is 6.29. The van der Waals surface area contributed by atoms with Crippen LogP contribution in [0.25, 0.3) is 0 Å². The van der Waals surface area contributed by atoms with Crippen LogP contribution in [0.3, 0.4) is 0 Å². The summed E-state index contributed by atoms with van der Waals surface area (Å²) in [5.74, 6) is -1.05. The Hall–Kier alpha value is -2.79. The van der Waals surface area contributed by atoms with Crippen LogP contribution < -0.4 is 9.62 Å².